The largest absolute Gasteiger partial charge is 0.493 e. The molecular formula is C18H23N3O3. The molecule has 128 valence electrons. The van der Waals surface area contributed by atoms with Gasteiger partial charge in [0.2, 0.25) is 0 Å². The van der Waals surface area contributed by atoms with Crippen LogP contribution in [0.25, 0.3) is 11.3 Å². The number of aryl methyl sites for hydroxylation is 1. The van der Waals surface area contributed by atoms with Crippen molar-refractivity contribution in [3.8, 4) is 22.8 Å². The summed E-state index contributed by atoms with van der Waals surface area (Å²) in [7, 11) is 6.82. The molecule has 2 aromatic rings. The quantitative estimate of drug-likeness (QED) is 0.809. The zero-order chi connectivity index (χ0) is 17.3. The standard InChI is InChI=1S/C18H23N3O3/c1-11-8-13(20-24-5)17-14(9-11)21(2)19-18(17)12-6-7-15(22-3)16(10-12)23-4/h6-7,10-11H,8-9H2,1-5H3/b20-13-/t11-/m1/s1. The lowest BCUT2D eigenvalue weighted by Gasteiger charge is -2.21. The second kappa shape index (κ2) is 6.55. The molecule has 3 rings (SSSR count). The van der Waals surface area contributed by atoms with Gasteiger partial charge in [0, 0.05) is 23.9 Å². The van der Waals surface area contributed by atoms with Gasteiger partial charge in [0.15, 0.2) is 11.5 Å². The third kappa shape index (κ3) is 2.72. The number of fused-ring (bicyclic) bond motifs is 1. The third-order valence-electron chi connectivity index (χ3n) is 4.40. The highest BCUT2D eigenvalue weighted by Crippen LogP contribution is 2.37. The molecule has 0 radical (unpaired) electrons. The fraction of sp³-hybridized carbons (Fsp3) is 0.444. The van der Waals surface area contributed by atoms with Crippen LogP contribution >= 0.6 is 0 Å². The summed E-state index contributed by atoms with van der Waals surface area (Å²) in [5.41, 5.74) is 5.09. The van der Waals surface area contributed by atoms with Crippen LogP contribution in [0.2, 0.25) is 0 Å². The molecule has 1 aliphatic rings. The fourth-order valence-electron chi connectivity index (χ4n) is 3.31. The first-order valence-corrected chi connectivity index (χ1v) is 7.97. The Morgan fingerprint density at radius 2 is 1.88 bits per heavy atom. The maximum absolute atomic E-state index is 5.43. The molecule has 0 N–H and O–H groups in total. The summed E-state index contributed by atoms with van der Waals surface area (Å²) in [6, 6.07) is 5.84. The van der Waals surface area contributed by atoms with Gasteiger partial charge in [0.25, 0.3) is 0 Å². The lowest BCUT2D eigenvalue weighted by Crippen LogP contribution is -2.20. The van der Waals surface area contributed by atoms with E-state index in [0.717, 1.165) is 35.4 Å². The number of hydrogen-bond acceptors (Lipinski definition) is 5. The van der Waals surface area contributed by atoms with E-state index in [-0.39, 0.29) is 0 Å². The van der Waals surface area contributed by atoms with Crippen LogP contribution in [0.3, 0.4) is 0 Å². The molecule has 1 aromatic carbocycles. The Kier molecular flexibility index (Phi) is 4.46. The fourth-order valence-corrected chi connectivity index (χ4v) is 3.31. The monoisotopic (exact) mass is 329 g/mol. The normalized spacial score (nSPS) is 18.4. The van der Waals surface area contributed by atoms with Crippen LogP contribution in [-0.2, 0) is 18.3 Å². The van der Waals surface area contributed by atoms with Crippen molar-refractivity contribution in [1.29, 1.82) is 0 Å². The van der Waals surface area contributed by atoms with Gasteiger partial charge in [-0.3, -0.25) is 4.68 Å². The molecule has 24 heavy (non-hydrogen) atoms. The van der Waals surface area contributed by atoms with Gasteiger partial charge in [-0.25, -0.2) is 0 Å². The van der Waals surface area contributed by atoms with Crippen LogP contribution in [0.5, 0.6) is 11.5 Å². The molecule has 0 bridgehead atoms. The molecule has 6 heteroatoms. The zero-order valence-corrected chi connectivity index (χ0v) is 14.8. The van der Waals surface area contributed by atoms with Crippen molar-refractivity contribution in [2.45, 2.75) is 19.8 Å². The Balaban J connectivity index is 2.17. The van der Waals surface area contributed by atoms with Crippen LogP contribution in [0.1, 0.15) is 24.6 Å². The summed E-state index contributed by atoms with van der Waals surface area (Å²) in [5.74, 6) is 1.90. The molecule has 0 spiro atoms. The first kappa shape index (κ1) is 16.4. The molecule has 0 unspecified atom stereocenters. The minimum Gasteiger partial charge on any atom is -0.493 e. The molecule has 0 saturated carbocycles. The average molecular weight is 329 g/mol. The van der Waals surface area contributed by atoms with E-state index in [9.17, 15) is 0 Å². The number of hydrogen-bond donors (Lipinski definition) is 0. The van der Waals surface area contributed by atoms with Crippen LogP contribution in [0.4, 0.5) is 0 Å². The third-order valence-corrected chi connectivity index (χ3v) is 4.40. The van der Waals surface area contributed by atoms with E-state index in [1.165, 1.54) is 5.69 Å². The number of nitrogens with zero attached hydrogens (tertiary/aromatic N) is 3. The van der Waals surface area contributed by atoms with Gasteiger partial charge >= 0.3 is 0 Å². The van der Waals surface area contributed by atoms with Crippen molar-refractivity contribution in [1.82, 2.24) is 9.78 Å². The van der Waals surface area contributed by atoms with E-state index in [4.69, 9.17) is 19.4 Å². The minimum absolute atomic E-state index is 0.514. The lowest BCUT2D eigenvalue weighted by atomic mass is 9.85. The Morgan fingerprint density at radius 3 is 2.54 bits per heavy atom. The smallest absolute Gasteiger partial charge is 0.161 e. The van der Waals surface area contributed by atoms with Gasteiger partial charge in [-0.15, -0.1) is 0 Å². The Bertz CT molecular complexity index is 780. The maximum Gasteiger partial charge on any atom is 0.161 e. The predicted molar refractivity (Wildman–Crippen MR) is 92.8 cm³/mol. The van der Waals surface area contributed by atoms with Crippen LogP contribution in [0.15, 0.2) is 23.4 Å². The summed E-state index contributed by atoms with van der Waals surface area (Å²) >= 11 is 0. The van der Waals surface area contributed by atoms with Gasteiger partial charge in [-0.05, 0) is 37.0 Å². The predicted octanol–water partition coefficient (Wildman–Crippen LogP) is 3.04. The second-order valence-corrected chi connectivity index (χ2v) is 6.10. The summed E-state index contributed by atoms with van der Waals surface area (Å²) < 4.78 is 12.7. The highest BCUT2D eigenvalue weighted by Gasteiger charge is 2.29. The van der Waals surface area contributed by atoms with Gasteiger partial charge in [0.1, 0.15) is 12.8 Å². The van der Waals surface area contributed by atoms with E-state index in [1.54, 1.807) is 21.3 Å². The Labute approximate surface area is 142 Å². The van der Waals surface area contributed by atoms with E-state index in [1.807, 2.05) is 29.9 Å². The number of oxime groups is 1. The number of methoxy groups -OCH3 is 2. The van der Waals surface area contributed by atoms with Crippen molar-refractivity contribution in [3.05, 3.63) is 29.5 Å². The molecular weight excluding hydrogens is 306 g/mol. The van der Waals surface area contributed by atoms with Crippen molar-refractivity contribution in [3.63, 3.8) is 0 Å². The zero-order valence-electron chi connectivity index (χ0n) is 14.8. The first-order chi connectivity index (χ1) is 11.6. The second-order valence-electron chi connectivity index (χ2n) is 6.10. The van der Waals surface area contributed by atoms with Crippen LogP contribution in [0, 0.1) is 5.92 Å². The molecule has 1 aliphatic carbocycles. The number of benzene rings is 1. The minimum atomic E-state index is 0.514. The van der Waals surface area contributed by atoms with E-state index < -0.39 is 0 Å². The molecule has 0 amide bonds. The van der Waals surface area contributed by atoms with E-state index in [0.29, 0.717) is 17.4 Å². The molecule has 1 atom stereocenters. The van der Waals surface area contributed by atoms with E-state index in [2.05, 4.69) is 12.1 Å². The lowest BCUT2D eigenvalue weighted by molar-refractivity contribution is 0.212. The topological polar surface area (TPSA) is 57.9 Å². The highest BCUT2D eigenvalue weighted by atomic mass is 16.6. The molecule has 6 nitrogen and oxygen atoms in total. The molecule has 0 aliphatic heterocycles. The van der Waals surface area contributed by atoms with Crippen LogP contribution in [-0.4, -0.2) is 36.8 Å². The maximum atomic E-state index is 5.43. The number of rotatable bonds is 4. The Morgan fingerprint density at radius 1 is 1.12 bits per heavy atom. The highest BCUT2D eigenvalue weighted by molar-refractivity contribution is 6.07. The number of aromatic nitrogens is 2. The summed E-state index contributed by atoms with van der Waals surface area (Å²) in [5, 5.41) is 9.00. The summed E-state index contributed by atoms with van der Waals surface area (Å²) in [6.07, 6.45) is 1.86. The molecule has 0 saturated heterocycles. The summed E-state index contributed by atoms with van der Waals surface area (Å²) in [6.45, 7) is 2.22. The van der Waals surface area contributed by atoms with Gasteiger partial charge < -0.3 is 14.3 Å². The average Bonchev–Trinajstić information content (AvgIpc) is 2.91. The van der Waals surface area contributed by atoms with Gasteiger partial charge in [-0.2, -0.15) is 5.10 Å². The van der Waals surface area contributed by atoms with E-state index >= 15 is 0 Å². The molecule has 1 aromatic heterocycles. The molecule has 1 heterocycles. The van der Waals surface area contributed by atoms with Crippen molar-refractivity contribution < 1.29 is 14.3 Å². The van der Waals surface area contributed by atoms with Crippen molar-refractivity contribution in [2.75, 3.05) is 21.3 Å². The van der Waals surface area contributed by atoms with Gasteiger partial charge in [0.05, 0.1) is 19.9 Å². The number of ether oxygens (including phenoxy) is 2. The first-order valence-electron chi connectivity index (χ1n) is 7.97. The Hall–Kier alpha value is -2.50. The van der Waals surface area contributed by atoms with Crippen molar-refractivity contribution in [2.24, 2.45) is 18.1 Å². The van der Waals surface area contributed by atoms with Crippen molar-refractivity contribution >= 4 is 5.71 Å². The SMILES string of the molecule is CO/N=C1/C[C@@H](C)Cc2c1c(-c1ccc(OC)c(OC)c1)nn2C. The summed E-state index contributed by atoms with van der Waals surface area (Å²) in [4.78, 5) is 5.07. The van der Waals surface area contributed by atoms with Crippen LogP contribution < -0.4 is 9.47 Å². The van der Waals surface area contributed by atoms with Gasteiger partial charge in [-0.1, -0.05) is 12.1 Å². The molecule has 0 fully saturated rings.